The SMILES string of the molecule is CC(CN)N(C)C(=O)C1CC1c1ccc(F)cc1F.Cl. The van der Waals surface area contributed by atoms with E-state index < -0.39 is 11.6 Å². The Morgan fingerprint density at radius 1 is 1.50 bits per heavy atom. The number of rotatable bonds is 4. The Morgan fingerprint density at radius 3 is 2.70 bits per heavy atom. The smallest absolute Gasteiger partial charge is 0.226 e. The monoisotopic (exact) mass is 304 g/mol. The number of carbonyl (C=O) groups excluding carboxylic acids is 1. The fourth-order valence-corrected chi connectivity index (χ4v) is 2.25. The zero-order valence-electron chi connectivity index (χ0n) is 11.5. The van der Waals surface area contributed by atoms with Crippen molar-refractivity contribution < 1.29 is 13.6 Å². The number of hydrogen-bond acceptors (Lipinski definition) is 2. The summed E-state index contributed by atoms with van der Waals surface area (Å²) in [5, 5.41) is 0. The molecule has 6 heteroatoms. The van der Waals surface area contributed by atoms with Crippen LogP contribution in [0.4, 0.5) is 8.78 Å². The number of halogens is 3. The standard InChI is InChI=1S/C14H18F2N2O.ClH/c1-8(7-17)18(2)14(19)12-6-11(12)10-4-3-9(15)5-13(10)16;/h3-5,8,11-12H,6-7,17H2,1-2H3;1H. The molecule has 2 rings (SSSR count). The van der Waals surface area contributed by atoms with E-state index in [2.05, 4.69) is 0 Å². The number of nitrogens with zero attached hydrogens (tertiary/aromatic N) is 1. The highest BCUT2D eigenvalue weighted by Crippen LogP contribution is 2.49. The molecule has 1 aromatic carbocycles. The van der Waals surface area contributed by atoms with E-state index in [-0.39, 0.29) is 36.2 Å². The molecule has 3 unspecified atom stereocenters. The Morgan fingerprint density at radius 2 is 2.15 bits per heavy atom. The fourth-order valence-electron chi connectivity index (χ4n) is 2.25. The van der Waals surface area contributed by atoms with Crippen LogP contribution in [0.25, 0.3) is 0 Å². The van der Waals surface area contributed by atoms with E-state index in [1.165, 1.54) is 12.1 Å². The van der Waals surface area contributed by atoms with Gasteiger partial charge in [-0.1, -0.05) is 6.07 Å². The molecule has 1 aromatic rings. The third-order valence-corrected chi connectivity index (χ3v) is 3.82. The van der Waals surface area contributed by atoms with Crippen molar-refractivity contribution in [1.29, 1.82) is 0 Å². The Hall–Kier alpha value is -1.20. The zero-order chi connectivity index (χ0) is 14.2. The van der Waals surface area contributed by atoms with Gasteiger partial charge in [-0.15, -0.1) is 12.4 Å². The molecule has 2 N–H and O–H groups in total. The topological polar surface area (TPSA) is 46.3 Å². The van der Waals surface area contributed by atoms with Crippen molar-refractivity contribution in [2.75, 3.05) is 13.6 Å². The molecule has 112 valence electrons. The minimum absolute atomic E-state index is 0. The summed E-state index contributed by atoms with van der Waals surface area (Å²) >= 11 is 0. The van der Waals surface area contributed by atoms with Crippen molar-refractivity contribution in [3.63, 3.8) is 0 Å². The van der Waals surface area contributed by atoms with Crippen LogP contribution in [0, 0.1) is 17.6 Å². The summed E-state index contributed by atoms with van der Waals surface area (Å²) in [6, 6.07) is 3.48. The van der Waals surface area contributed by atoms with Crippen molar-refractivity contribution in [2.45, 2.75) is 25.3 Å². The Bertz CT molecular complexity index is 498. The predicted octanol–water partition coefficient (Wildman–Crippen LogP) is 2.30. The predicted molar refractivity (Wildman–Crippen MR) is 75.7 cm³/mol. The molecule has 1 aliphatic rings. The average molecular weight is 305 g/mol. The lowest BCUT2D eigenvalue weighted by Crippen LogP contribution is -2.40. The molecule has 0 bridgehead atoms. The number of likely N-dealkylation sites (N-methyl/N-ethyl adjacent to an activating group) is 1. The molecular formula is C14H19ClF2N2O. The third kappa shape index (κ3) is 3.27. The zero-order valence-corrected chi connectivity index (χ0v) is 12.3. The molecule has 1 aliphatic carbocycles. The second-order valence-corrected chi connectivity index (χ2v) is 5.15. The van der Waals surface area contributed by atoms with Gasteiger partial charge in [0.1, 0.15) is 11.6 Å². The van der Waals surface area contributed by atoms with E-state index in [0.29, 0.717) is 18.5 Å². The quantitative estimate of drug-likeness (QED) is 0.928. The first-order chi connectivity index (χ1) is 8.95. The lowest BCUT2D eigenvalue weighted by Gasteiger charge is -2.23. The van der Waals surface area contributed by atoms with Crippen molar-refractivity contribution in [3.8, 4) is 0 Å². The lowest BCUT2D eigenvalue weighted by atomic mass is 10.1. The van der Waals surface area contributed by atoms with Crippen LogP contribution in [0.15, 0.2) is 18.2 Å². The normalized spacial score (nSPS) is 21.9. The molecule has 0 aromatic heterocycles. The molecule has 3 atom stereocenters. The van der Waals surface area contributed by atoms with Crippen molar-refractivity contribution >= 4 is 18.3 Å². The maximum atomic E-state index is 13.6. The van der Waals surface area contributed by atoms with Crippen LogP contribution in [0.5, 0.6) is 0 Å². The van der Waals surface area contributed by atoms with Crippen LogP contribution in [-0.2, 0) is 4.79 Å². The minimum Gasteiger partial charge on any atom is -0.342 e. The molecule has 1 fully saturated rings. The Balaban J connectivity index is 0.00000200. The van der Waals surface area contributed by atoms with Gasteiger partial charge in [0, 0.05) is 31.6 Å². The van der Waals surface area contributed by atoms with Crippen LogP contribution in [0.2, 0.25) is 0 Å². The molecular weight excluding hydrogens is 286 g/mol. The first-order valence-corrected chi connectivity index (χ1v) is 6.37. The lowest BCUT2D eigenvalue weighted by molar-refractivity contribution is -0.133. The van der Waals surface area contributed by atoms with E-state index in [4.69, 9.17) is 5.73 Å². The van der Waals surface area contributed by atoms with Gasteiger partial charge in [0.25, 0.3) is 0 Å². The maximum Gasteiger partial charge on any atom is 0.226 e. The highest BCUT2D eigenvalue weighted by molar-refractivity contribution is 5.85. The van der Waals surface area contributed by atoms with Gasteiger partial charge in [0.05, 0.1) is 0 Å². The molecule has 0 aliphatic heterocycles. The number of nitrogens with two attached hydrogens (primary N) is 1. The molecule has 0 spiro atoms. The van der Waals surface area contributed by atoms with E-state index in [1.54, 1.807) is 11.9 Å². The minimum atomic E-state index is -0.598. The summed E-state index contributed by atoms with van der Waals surface area (Å²) in [5.41, 5.74) is 5.95. The summed E-state index contributed by atoms with van der Waals surface area (Å²) in [6.07, 6.45) is 0.614. The number of carbonyl (C=O) groups is 1. The van der Waals surface area contributed by atoms with Crippen LogP contribution < -0.4 is 5.73 Å². The van der Waals surface area contributed by atoms with Crippen molar-refractivity contribution in [1.82, 2.24) is 4.90 Å². The van der Waals surface area contributed by atoms with Gasteiger partial charge >= 0.3 is 0 Å². The fraction of sp³-hybridized carbons (Fsp3) is 0.500. The molecule has 3 nitrogen and oxygen atoms in total. The van der Waals surface area contributed by atoms with Gasteiger partial charge in [-0.2, -0.15) is 0 Å². The molecule has 0 radical (unpaired) electrons. The van der Waals surface area contributed by atoms with Crippen LogP contribution in [-0.4, -0.2) is 30.4 Å². The van der Waals surface area contributed by atoms with Gasteiger partial charge in [0.15, 0.2) is 0 Å². The third-order valence-electron chi connectivity index (χ3n) is 3.82. The second-order valence-electron chi connectivity index (χ2n) is 5.15. The van der Waals surface area contributed by atoms with Crippen molar-refractivity contribution in [3.05, 3.63) is 35.4 Å². The summed E-state index contributed by atoms with van der Waals surface area (Å²) in [4.78, 5) is 13.7. The second kappa shape index (κ2) is 6.50. The van der Waals surface area contributed by atoms with Crippen molar-refractivity contribution in [2.24, 2.45) is 11.7 Å². The van der Waals surface area contributed by atoms with E-state index in [0.717, 1.165) is 6.07 Å². The molecule has 1 amide bonds. The summed E-state index contributed by atoms with van der Waals surface area (Å²) in [7, 11) is 1.70. The van der Waals surface area contributed by atoms with Crippen LogP contribution >= 0.6 is 12.4 Å². The molecule has 20 heavy (non-hydrogen) atoms. The van der Waals surface area contributed by atoms with E-state index in [1.807, 2.05) is 6.92 Å². The summed E-state index contributed by atoms with van der Waals surface area (Å²) < 4.78 is 26.5. The molecule has 0 saturated heterocycles. The number of hydrogen-bond donors (Lipinski definition) is 1. The van der Waals surface area contributed by atoms with Gasteiger partial charge in [-0.25, -0.2) is 8.78 Å². The van der Waals surface area contributed by atoms with E-state index >= 15 is 0 Å². The summed E-state index contributed by atoms with van der Waals surface area (Å²) in [6.45, 7) is 2.26. The average Bonchev–Trinajstić information content (AvgIpc) is 3.16. The van der Waals surface area contributed by atoms with Gasteiger partial charge in [-0.3, -0.25) is 4.79 Å². The first-order valence-electron chi connectivity index (χ1n) is 6.37. The Labute approximate surface area is 123 Å². The van der Waals surface area contributed by atoms with Gasteiger partial charge < -0.3 is 10.6 Å². The van der Waals surface area contributed by atoms with Crippen LogP contribution in [0.1, 0.15) is 24.8 Å². The van der Waals surface area contributed by atoms with Gasteiger partial charge in [0.2, 0.25) is 5.91 Å². The molecule has 1 saturated carbocycles. The maximum absolute atomic E-state index is 13.6. The first kappa shape index (κ1) is 16.9. The molecule has 0 heterocycles. The Kier molecular flexibility index (Phi) is 5.48. The van der Waals surface area contributed by atoms with Gasteiger partial charge in [-0.05, 0) is 30.9 Å². The van der Waals surface area contributed by atoms with E-state index in [9.17, 15) is 13.6 Å². The summed E-state index contributed by atoms with van der Waals surface area (Å²) in [5.74, 6) is -1.54. The largest absolute Gasteiger partial charge is 0.342 e. The van der Waals surface area contributed by atoms with Crippen LogP contribution in [0.3, 0.4) is 0 Å². The number of amides is 1. The number of benzene rings is 1. The highest BCUT2D eigenvalue weighted by atomic mass is 35.5. The highest BCUT2D eigenvalue weighted by Gasteiger charge is 2.46.